The quantitative estimate of drug-likeness (QED) is 0.853. The van der Waals surface area contributed by atoms with E-state index in [4.69, 9.17) is 5.73 Å². The normalized spacial score (nSPS) is 11.5. The minimum Gasteiger partial charge on any atom is -0.339 e. The van der Waals surface area contributed by atoms with Crippen LogP contribution in [0.5, 0.6) is 0 Å². The van der Waals surface area contributed by atoms with Crippen molar-refractivity contribution in [2.45, 2.75) is 32.9 Å². The van der Waals surface area contributed by atoms with Gasteiger partial charge in [0.2, 0.25) is 5.91 Å². The highest BCUT2D eigenvalue weighted by molar-refractivity contribution is 7.10. The van der Waals surface area contributed by atoms with Crippen molar-refractivity contribution in [1.82, 2.24) is 4.90 Å². The lowest BCUT2D eigenvalue weighted by Gasteiger charge is -2.25. The first kappa shape index (κ1) is 12.2. The number of hydrogen-bond acceptors (Lipinski definition) is 3. The molecule has 0 aromatic carbocycles. The number of aryl methyl sites for hydroxylation is 1. The maximum absolute atomic E-state index is 11.8. The molecule has 4 heteroatoms. The number of carbonyl (C=O) groups is 1. The van der Waals surface area contributed by atoms with Crippen molar-refractivity contribution in [2.24, 2.45) is 5.73 Å². The summed E-state index contributed by atoms with van der Waals surface area (Å²) in [7, 11) is 1.79. The average molecular weight is 226 g/mol. The summed E-state index contributed by atoms with van der Waals surface area (Å²) in [5.41, 5.74) is 6.20. The molecular formula is C11H18N2OS. The molecule has 0 fully saturated rings. The van der Waals surface area contributed by atoms with Crippen LogP contribution in [0.15, 0.2) is 11.4 Å². The summed E-state index contributed by atoms with van der Waals surface area (Å²) in [6.07, 6.45) is 0. The van der Waals surface area contributed by atoms with Gasteiger partial charge in [0.1, 0.15) is 0 Å². The lowest BCUT2D eigenvalue weighted by molar-refractivity contribution is -0.134. The van der Waals surface area contributed by atoms with Crippen LogP contribution >= 0.6 is 11.3 Å². The lowest BCUT2D eigenvalue weighted by Crippen LogP contribution is -2.49. The molecule has 3 nitrogen and oxygen atoms in total. The molecule has 2 N–H and O–H groups in total. The Morgan fingerprint density at radius 2 is 2.20 bits per heavy atom. The molecule has 0 bridgehead atoms. The van der Waals surface area contributed by atoms with Crippen molar-refractivity contribution in [1.29, 1.82) is 0 Å². The van der Waals surface area contributed by atoms with Gasteiger partial charge in [-0.15, -0.1) is 11.3 Å². The smallest absolute Gasteiger partial charge is 0.242 e. The van der Waals surface area contributed by atoms with Gasteiger partial charge in [-0.25, -0.2) is 0 Å². The number of rotatable bonds is 3. The minimum absolute atomic E-state index is 0.0321. The number of nitrogens with two attached hydrogens (primary N) is 1. The van der Waals surface area contributed by atoms with Crippen molar-refractivity contribution in [3.63, 3.8) is 0 Å². The number of amides is 1. The van der Waals surface area contributed by atoms with Gasteiger partial charge in [0, 0.05) is 11.9 Å². The van der Waals surface area contributed by atoms with Gasteiger partial charge in [0.25, 0.3) is 0 Å². The van der Waals surface area contributed by atoms with Crippen LogP contribution in [0.1, 0.15) is 24.3 Å². The monoisotopic (exact) mass is 226 g/mol. The molecule has 0 atom stereocenters. The number of thiophene rings is 1. The molecule has 1 heterocycles. The third-order valence-corrected chi connectivity index (χ3v) is 3.25. The van der Waals surface area contributed by atoms with Crippen molar-refractivity contribution in [3.8, 4) is 0 Å². The standard InChI is InChI=1S/C11H18N2OS/c1-8-5-6-15-9(8)7-13(4)10(14)11(2,3)12/h5-6H,7,12H2,1-4H3. The first-order valence-electron chi connectivity index (χ1n) is 4.90. The van der Waals surface area contributed by atoms with Crippen molar-refractivity contribution >= 4 is 17.2 Å². The highest BCUT2D eigenvalue weighted by Gasteiger charge is 2.25. The zero-order valence-corrected chi connectivity index (χ0v) is 10.5. The van der Waals surface area contributed by atoms with Crippen LogP contribution in [0.4, 0.5) is 0 Å². The Morgan fingerprint density at radius 3 is 2.60 bits per heavy atom. The van der Waals surface area contributed by atoms with Crippen LogP contribution < -0.4 is 5.73 Å². The fourth-order valence-electron chi connectivity index (χ4n) is 1.35. The molecule has 1 rings (SSSR count). The van der Waals surface area contributed by atoms with E-state index in [-0.39, 0.29) is 5.91 Å². The van der Waals surface area contributed by atoms with Crippen molar-refractivity contribution in [3.05, 3.63) is 21.9 Å². The topological polar surface area (TPSA) is 46.3 Å². The van der Waals surface area contributed by atoms with E-state index < -0.39 is 5.54 Å². The summed E-state index contributed by atoms with van der Waals surface area (Å²) in [5, 5.41) is 2.04. The van der Waals surface area contributed by atoms with E-state index in [1.807, 2.05) is 5.38 Å². The molecule has 0 spiro atoms. The Kier molecular flexibility index (Phi) is 3.52. The maximum atomic E-state index is 11.8. The number of likely N-dealkylation sites (N-methyl/N-ethyl adjacent to an activating group) is 1. The lowest BCUT2D eigenvalue weighted by atomic mass is 10.1. The van der Waals surface area contributed by atoms with E-state index in [9.17, 15) is 4.79 Å². The molecule has 0 saturated heterocycles. The molecule has 0 radical (unpaired) electrons. The molecule has 84 valence electrons. The van der Waals surface area contributed by atoms with Gasteiger partial charge in [-0.05, 0) is 37.8 Å². The molecule has 1 amide bonds. The van der Waals surface area contributed by atoms with Crippen LogP contribution in [-0.4, -0.2) is 23.4 Å². The molecule has 0 aliphatic rings. The minimum atomic E-state index is -0.792. The van der Waals surface area contributed by atoms with Gasteiger partial charge in [0.05, 0.1) is 12.1 Å². The van der Waals surface area contributed by atoms with Gasteiger partial charge in [-0.3, -0.25) is 4.79 Å². The zero-order chi connectivity index (χ0) is 11.6. The van der Waals surface area contributed by atoms with Crippen molar-refractivity contribution < 1.29 is 4.79 Å². The molecule has 0 unspecified atom stereocenters. The highest BCUT2D eigenvalue weighted by atomic mass is 32.1. The Morgan fingerprint density at radius 1 is 1.60 bits per heavy atom. The molecule has 15 heavy (non-hydrogen) atoms. The molecule has 1 aromatic heterocycles. The number of carbonyl (C=O) groups excluding carboxylic acids is 1. The van der Waals surface area contributed by atoms with E-state index in [1.54, 1.807) is 37.1 Å². The second kappa shape index (κ2) is 4.33. The fourth-order valence-corrected chi connectivity index (χ4v) is 2.30. The first-order chi connectivity index (χ1) is 6.82. The maximum Gasteiger partial charge on any atom is 0.242 e. The summed E-state index contributed by atoms with van der Waals surface area (Å²) in [6.45, 7) is 6.15. The van der Waals surface area contributed by atoms with E-state index in [0.717, 1.165) is 0 Å². The summed E-state index contributed by atoms with van der Waals surface area (Å²) >= 11 is 1.67. The van der Waals surface area contributed by atoms with Gasteiger partial charge in [0.15, 0.2) is 0 Å². The molecule has 0 saturated carbocycles. The van der Waals surface area contributed by atoms with Crippen LogP contribution in [0.25, 0.3) is 0 Å². The second-order valence-corrected chi connectivity index (χ2v) is 5.41. The van der Waals surface area contributed by atoms with Gasteiger partial charge < -0.3 is 10.6 Å². The largest absolute Gasteiger partial charge is 0.339 e. The van der Waals surface area contributed by atoms with E-state index in [2.05, 4.69) is 13.0 Å². The summed E-state index contributed by atoms with van der Waals surface area (Å²) < 4.78 is 0. The Hall–Kier alpha value is -0.870. The van der Waals surface area contributed by atoms with Gasteiger partial charge in [-0.2, -0.15) is 0 Å². The summed E-state index contributed by atoms with van der Waals surface area (Å²) in [6, 6.07) is 2.06. The molecular weight excluding hydrogens is 208 g/mol. The third-order valence-electron chi connectivity index (χ3n) is 2.25. The van der Waals surface area contributed by atoms with Crippen LogP contribution in [0.2, 0.25) is 0 Å². The molecule has 0 aliphatic carbocycles. The molecule has 1 aromatic rings. The highest BCUT2D eigenvalue weighted by Crippen LogP contribution is 2.18. The average Bonchev–Trinajstić information content (AvgIpc) is 2.49. The summed E-state index contributed by atoms with van der Waals surface area (Å²) in [4.78, 5) is 14.7. The predicted molar refractivity (Wildman–Crippen MR) is 63.8 cm³/mol. The van der Waals surface area contributed by atoms with Crippen LogP contribution in [0.3, 0.4) is 0 Å². The fraction of sp³-hybridized carbons (Fsp3) is 0.545. The summed E-state index contributed by atoms with van der Waals surface area (Å²) in [5.74, 6) is -0.0321. The van der Waals surface area contributed by atoms with E-state index >= 15 is 0 Å². The Labute approximate surface area is 94.9 Å². The van der Waals surface area contributed by atoms with Gasteiger partial charge in [-0.1, -0.05) is 0 Å². The first-order valence-corrected chi connectivity index (χ1v) is 5.77. The van der Waals surface area contributed by atoms with Gasteiger partial charge >= 0.3 is 0 Å². The van der Waals surface area contributed by atoms with Crippen LogP contribution in [0, 0.1) is 6.92 Å². The molecule has 0 aliphatic heterocycles. The second-order valence-electron chi connectivity index (χ2n) is 4.41. The van der Waals surface area contributed by atoms with E-state index in [0.29, 0.717) is 6.54 Å². The number of hydrogen-bond donors (Lipinski definition) is 1. The van der Waals surface area contributed by atoms with E-state index in [1.165, 1.54) is 10.4 Å². The third kappa shape index (κ3) is 3.04. The number of nitrogens with zero attached hydrogens (tertiary/aromatic N) is 1. The van der Waals surface area contributed by atoms with Crippen LogP contribution in [-0.2, 0) is 11.3 Å². The zero-order valence-electron chi connectivity index (χ0n) is 9.70. The SMILES string of the molecule is Cc1ccsc1CN(C)C(=O)C(C)(C)N. The van der Waals surface area contributed by atoms with Crippen molar-refractivity contribution in [2.75, 3.05) is 7.05 Å². The Bertz CT molecular complexity index is 352. The predicted octanol–water partition coefficient (Wildman–Crippen LogP) is 1.75. The Balaban J connectivity index is 2.68.